The molecule has 0 fully saturated rings. The average molecular weight is 329 g/mol. The zero-order chi connectivity index (χ0) is 17.4. The van der Waals surface area contributed by atoms with Crippen LogP contribution in [0.3, 0.4) is 0 Å². The van der Waals surface area contributed by atoms with Crippen LogP contribution in [0.4, 0.5) is 0 Å². The van der Waals surface area contributed by atoms with Gasteiger partial charge in [0.15, 0.2) is 0 Å². The highest BCUT2D eigenvalue weighted by atomic mass is 16.1. The van der Waals surface area contributed by atoms with Crippen molar-refractivity contribution in [3.05, 3.63) is 88.4 Å². The fraction of sp³-hybridized carbons (Fsp3) is 0.143. The first-order chi connectivity index (χ1) is 12.2. The predicted molar refractivity (Wildman–Crippen MR) is 102 cm³/mol. The largest absolute Gasteiger partial charge is 0.305 e. The van der Waals surface area contributed by atoms with E-state index in [2.05, 4.69) is 23.3 Å². The molecule has 0 saturated carbocycles. The lowest BCUT2D eigenvalue weighted by molar-refractivity contribution is 0.823. The molecule has 4 heteroatoms. The first-order valence-electron chi connectivity index (χ1n) is 8.42. The molecule has 124 valence electrons. The fourth-order valence-corrected chi connectivity index (χ4v) is 3.19. The molecule has 2 heterocycles. The van der Waals surface area contributed by atoms with Crippen molar-refractivity contribution in [2.24, 2.45) is 0 Å². The Hall–Kier alpha value is -3.14. The Morgan fingerprint density at radius 2 is 1.80 bits per heavy atom. The van der Waals surface area contributed by atoms with E-state index in [4.69, 9.17) is 4.98 Å². The molecule has 0 N–H and O–H groups in total. The summed E-state index contributed by atoms with van der Waals surface area (Å²) in [7, 11) is 0. The molecule has 4 rings (SSSR count). The maximum atomic E-state index is 12.6. The zero-order valence-corrected chi connectivity index (χ0v) is 14.1. The molecule has 0 radical (unpaired) electrons. The van der Waals surface area contributed by atoms with Crippen molar-refractivity contribution in [3.63, 3.8) is 0 Å². The Morgan fingerprint density at radius 1 is 1.08 bits per heavy atom. The lowest BCUT2D eigenvalue weighted by Crippen LogP contribution is -2.15. The van der Waals surface area contributed by atoms with Gasteiger partial charge in [-0.2, -0.15) is 0 Å². The lowest BCUT2D eigenvalue weighted by atomic mass is 10.1. The van der Waals surface area contributed by atoms with Gasteiger partial charge in [0, 0.05) is 11.8 Å². The minimum Gasteiger partial charge on any atom is -0.305 e. The van der Waals surface area contributed by atoms with Gasteiger partial charge >= 0.3 is 0 Å². The van der Waals surface area contributed by atoms with E-state index >= 15 is 0 Å². The van der Waals surface area contributed by atoms with Crippen LogP contribution in [0.1, 0.15) is 23.7 Å². The van der Waals surface area contributed by atoms with Crippen LogP contribution in [-0.2, 0) is 13.0 Å². The molecule has 2 aromatic carbocycles. The quantitative estimate of drug-likeness (QED) is 0.569. The van der Waals surface area contributed by atoms with E-state index < -0.39 is 0 Å². The average Bonchev–Trinajstić information content (AvgIpc) is 2.96. The fourth-order valence-electron chi connectivity index (χ4n) is 3.19. The molecule has 4 aromatic rings. The van der Waals surface area contributed by atoms with Crippen molar-refractivity contribution >= 4 is 22.9 Å². The molecule has 0 unspecified atom stereocenters. The first kappa shape index (κ1) is 15.4. The molecule has 4 nitrogen and oxygen atoms in total. The highest BCUT2D eigenvalue weighted by Crippen LogP contribution is 2.20. The minimum atomic E-state index is -0.0289. The van der Waals surface area contributed by atoms with Crippen molar-refractivity contribution in [3.8, 4) is 0 Å². The van der Waals surface area contributed by atoms with E-state index in [0.29, 0.717) is 12.3 Å². The van der Waals surface area contributed by atoms with Gasteiger partial charge in [0.05, 0.1) is 17.6 Å². The molecule has 25 heavy (non-hydrogen) atoms. The summed E-state index contributed by atoms with van der Waals surface area (Å²) >= 11 is 0. The van der Waals surface area contributed by atoms with Gasteiger partial charge in [0.1, 0.15) is 0 Å². The van der Waals surface area contributed by atoms with Crippen LogP contribution in [0, 0.1) is 0 Å². The van der Waals surface area contributed by atoms with Crippen LogP contribution in [0.5, 0.6) is 0 Å². The summed E-state index contributed by atoms with van der Waals surface area (Å²) in [5.74, 6) is 0.693. The molecular weight excluding hydrogens is 310 g/mol. The standard InChI is InChI=1S/C21H19N3O/c1-3-15-9-11-16(12-10-15)14-23-18-7-5-6-8-19(18)24-20(25)13-17(4-2)22-21(23)24/h3,5-13H,1,4,14H2,2H3. The second-order valence-electron chi connectivity index (χ2n) is 6.10. The van der Waals surface area contributed by atoms with Gasteiger partial charge in [-0.25, -0.2) is 9.38 Å². The number of para-hydroxylation sites is 2. The SMILES string of the molecule is C=Cc1ccc(Cn2c3ccccc3n3c(=O)cc(CC)nc23)cc1. The van der Waals surface area contributed by atoms with Gasteiger partial charge < -0.3 is 4.57 Å². The maximum absolute atomic E-state index is 12.6. The molecular formula is C21H19N3O. The molecule has 2 aromatic heterocycles. The lowest BCUT2D eigenvalue weighted by Gasteiger charge is -2.07. The van der Waals surface area contributed by atoms with Crippen LogP contribution in [0.2, 0.25) is 0 Å². The third kappa shape index (κ3) is 2.56. The number of imidazole rings is 1. The summed E-state index contributed by atoms with van der Waals surface area (Å²) in [6, 6.07) is 17.8. The number of aryl methyl sites for hydroxylation is 1. The van der Waals surface area contributed by atoms with Gasteiger partial charge in [-0.3, -0.25) is 4.79 Å². The van der Waals surface area contributed by atoms with Crippen molar-refractivity contribution in [2.45, 2.75) is 19.9 Å². The van der Waals surface area contributed by atoms with Crippen LogP contribution >= 0.6 is 0 Å². The molecule has 0 bridgehead atoms. The second-order valence-corrected chi connectivity index (χ2v) is 6.10. The van der Waals surface area contributed by atoms with Crippen LogP contribution in [0.25, 0.3) is 22.9 Å². The van der Waals surface area contributed by atoms with E-state index in [-0.39, 0.29) is 5.56 Å². The second kappa shape index (κ2) is 6.06. The number of benzene rings is 2. The Kier molecular flexibility index (Phi) is 3.73. The summed E-state index contributed by atoms with van der Waals surface area (Å²) in [5.41, 5.74) is 4.93. The molecule has 0 spiro atoms. The summed E-state index contributed by atoms with van der Waals surface area (Å²) in [5, 5.41) is 0. The number of hydrogen-bond donors (Lipinski definition) is 0. The topological polar surface area (TPSA) is 39.3 Å². The van der Waals surface area contributed by atoms with Crippen molar-refractivity contribution in [1.82, 2.24) is 14.0 Å². The summed E-state index contributed by atoms with van der Waals surface area (Å²) < 4.78 is 3.81. The van der Waals surface area contributed by atoms with Gasteiger partial charge in [-0.1, -0.05) is 56.0 Å². The highest BCUT2D eigenvalue weighted by Gasteiger charge is 2.14. The van der Waals surface area contributed by atoms with Gasteiger partial charge in [-0.05, 0) is 29.7 Å². The number of rotatable bonds is 4. The normalized spacial score (nSPS) is 11.2. The highest BCUT2D eigenvalue weighted by molar-refractivity contribution is 5.80. The summed E-state index contributed by atoms with van der Waals surface area (Å²) in [6.45, 7) is 6.47. The molecule has 0 atom stereocenters. The number of hydrogen-bond acceptors (Lipinski definition) is 2. The van der Waals surface area contributed by atoms with Crippen LogP contribution in [-0.4, -0.2) is 14.0 Å². The monoisotopic (exact) mass is 329 g/mol. The van der Waals surface area contributed by atoms with Crippen molar-refractivity contribution in [2.75, 3.05) is 0 Å². The first-order valence-corrected chi connectivity index (χ1v) is 8.42. The third-order valence-corrected chi connectivity index (χ3v) is 4.53. The van der Waals surface area contributed by atoms with Gasteiger partial charge in [0.2, 0.25) is 5.78 Å². The molecule has 0 aliphatic heterocycles. The van der Waals surface area contributed by atoms with Crippen molar-refractivity contribution in [1.29, 1.82) is 0 Å². The third-order valence-electron chi connectivity index (χ3n) is 4.53. The van der Waals surface area contributed by atoms with E-state index in [1.807, 2.05) is 49.4 Å². The van der Waals surface area contributed by atoms with Crippen LogP contribution in [0.15, 0.2) is 66.0 Å². The predicted octanol–water partition coefficient (Wildman–Crippen LogP) is 3.90. The number of aromatic nitrogens is 3. The zero-order valence-electron chi connectivity index (χ0n) is 14.1. The Morgan fingerprint density at radius 3 is 2.48 bits per heavy atom. The minimum absolute atomic E-state index is 0.0289. The van der Waals surface area contributed by atoms with E-state index in [0.717, 1.165) is 34.3 Å². The van der Waals surface area contributed by atoms with E-state index in [1.54, 1.807) is 10.5 Å². The molecule has 0 saturated heterocycles. The summed E-state index contributed by atoms with van der Waals surface area (Å²) in [4.78, 5) is 17.4. The van der Waals surface area contributed by atoms with Crippen LogP contribution < -0.4 is 5.56 Å². The van der Waals surface area contributed by atoms with E-state index in [1.165, 1.54) is 0 Å². The molecule has 0 aliphatic rings. The number of nitrogens with zero attached hydrogens (tertiary/aromatic N) is 3. The smallest absolute Gasteiger partial charge is 0.259 e. The Bertz CT molecular complexity index is 1130. The van der Waals surface area contributed by atoms with Crippen molar-refractivity contribution < 1.29 is 0 Å². The van der Waals surface area contributed by atoms with Gasteiger partial charge in [-0.15, -0.1) is 0 Å². The molecule has 0 amide bonds. The van der Waals surface area contributed by atoms with E-state index in [9.17, 15) is 4.79 Å². The Balaban J connectivity index is 1.97. The number of fused-ring (bicyclic) bond motifs is 3. The maximum Gasteiger partial charge on any atom is 0.259 e. The van der Waals surface area contributed by atoms with Gasteiger partial charge in [0.25, 0.3) is 5.56 Å². The Labute approximate surface area is 145 Å². The summed E-state index contributed by atoms with van der Waals surface area (Å²) in [6.07, 6.45) is 2.57. The molecule has 0 aliphatic carbocycles.